The molecule has 1 N–H and O–H groups in total. The third-order valence-corrected chi connectivity index (χ3v) is 4.60. The molecule has 33 heavy (non-hydrogen) atoms. The van der Waals surface area contributed by atoms with E-state index in [9.17, 15) is 9.59 Å². The maximum Gasteiger partial charge on any atom is 0.331 e. The lowest BCUT2D eigenvalue weighted by molar-refractivity contribution is -0.148. The molecule has 3 aromatic rings. The summed E-state index contributed by atoms with van der Waals surface area (Å²) in [5, 5.41) is 2.71. The first kappa shape index (κ1) is 23.4. The molecule has 0 saturated carbocycles. The fourth-order valence-corrected chi connectivity index (χ4v) is 2.86. The Morgan fingerprint density at radius 3 is 2.18 bits per heavy atom. The number of methoxy groups -OCH3 is 2. The van der Waals surface area contributed by atoms with Crippen molar-refractivity contribution >= 4 is 23.6 Å². The second-order valence-electron chi connectivity index (χ2n) is 6.95. The van der Waals surface area contributed by atoms with Crippen LogP contribution in [-0.2, 0) is 14.3 Å². The number of benzene rings is 3. The van der Waals surface area contributed by atoms with Crippen molar-refractivity contribution in [3.05, 3.63) is 84.4 Å². The fourth-order valence-electron chi connectivity index (χ4n) is 2.86. The van der Waals surface area contributed by atoms with Crippen LogP contribution in [0.2, 0.25) is 0 Å². The monoisotopic (exact) mass is 447 g/mol. The van der Waals surface area contributed by atoms with Gasteiger partial charge in [-0.2, -0.15) is 0 Å². The number of carbonyl (C=O) groups excluding carboxylic acids is 2. The third-order valence-electron chi connectivity index (χ3n) is 4.60. The van der Waals surface area contributed by atoms with Gasteiger partial charge in [0.25, 0.3) is 5.91 Å². The lowest BCUT2D eigenvalue weighted by Crippen LogP contribution is -2.29. The van der Waals surface area contributed by atoms with Crippen LogP contribution in [0.1, 0.15) is 12.5 Å². The summed E-state index contributed by atoms with van der Waals surface area (Å²) in [5.74, 6) is 1.44. The predicted molar refractivity (Wildman–Crippen MR) is 126 cm³/mol. The lowest BCUT2D eigenvalue weighted by atomic mass is 10.1. The van der Waals surface area contributed by atoms with Gasteiger partial charge in [-0.25, -0.2) is 4.79 Å². The van der Waals surface area contributed by atoms with Gasteiger partial charge < -0.3 is 24.3 Å². The van der Waals surface area contributed by atoms with Crippen molar-refractivity contribution in [2.75, 3.05) is 19.5 Å². The summed E-state index contributed by atoms with van der Waals surface area (Å²) in [7, 11) is 3.08. The molecule has 0 aliphatic carbocycles. The van der Waals surface area contributed by atoms with Crippen LogP contribution < -0.4 is 19.5 Å². The molecule has 7 heteroatoms. The SMILES string of the molecule is COc1ccc(C=CC(=O)OC(C)C(=O)Nc2ccc(Oc3ccccc3)cc2)c(OC)c1. The van der Waals surface area contributed by atoms with Crippen molar-refractivity contribution in [1.29, 1.82) is 0 Å². The number of nitrogens with one attached hydrogen (secondary N) is 1. The highest BCUT2D eigenvalue weighted by molar-refractivity contribution is 5.96. The standard InChI is InChI=1S/C26H25NO6/c1-18(32-25(28)16-10-19-9-13-23(30-2)17-24(19)31-3)26(29)27-20-11-14-22(15-12-20)33-21-7-5-4-6-8-21/h4-18H,1-3H3,(H,27,29). The molecule has 1 atom stereocenters. The summed E-state index contributed by atoms with van der Waals surface area (Å²) in [4.78, 5) is 24.5. The van der Waals surface area contributed by atoms with Crippen LogP contribution in [0.25, 0.3) is 6.08 Å². The number of amides is 1. The number of hydrogen-bond acceptors (Lipinski definition) is 6. The van der Waals surface area contributed by atoms with Gasteiger partial charge in [-0.3, -0.25) is 4.79 Å². The molecule has 1 amide bonds. The molecular formula is C26H25NO6. The summed E-state index contributed by atoms with van der Waals surface area (Å²) in [6.07, 6.45) is 1.81. The highest BCUT2D eigenvalue weighted by atomic mass is 16.5. The van der Waals surface area contributed by atoms with Crippen LogP contribution in [-0.4, -0.2) is 32.2 Å². The fraction of sp³-hybridized carbons (Fsp3) is 0.154. The predicted octanol–water partition coefficient (Wildman–Crippen LogP) is 5.08. The Balaban J connectivity index is 1.52. The molecule has 3 rings (SSSR count). The first-order valence-corrected chi connectivity index (χ1v) is 10.2. The Labute approximate surface area is 192 Å². The summed E-state index contributed by atoms with van der Waals surface area (Å²) in [6.45, 7) is 1.50. The van der Waals surface area contributed by atoms with Crippen LogP contribution >= 0.6 is 0 Å². The minimum atomic E-state index is -0.986. The van der Waals surface area contributed by atoms with Gasteiger partial charge in [0.2, 0.25) is 0 Å². The Hall–Kier alpha value is -4.26. The molecule has 7 nitrogen and oxygen atoms in total. The largest absolute Gasteiger partial charge is 0.497 e. The number of ether oxygens (including phenoxy) is 4. The Bertz CT molecular complexity index is 1110. The highest BCUT2D eigenvalue weighted by Crippen LogP contribution is 2.26. The van der Waals surface area contributed by atoms with E-state index in [1.807, 2.05) is 30.3 Å². The van der Waals surface area contributed by atoms with Gasteiger partial charge in [0.15, 0.2) is 6.10 Å². The van der Waals surface area contributed by atoms with Crippen molar-refractivity contribution < 1.29 is 28.5 Å². The van der Waals surface area contributed by atoms with Crippen molar-refractivity contribution in [2.24, 2.45) is 0 Å². The first-order valence-electron chi connectivity index (χ1n) is 10.2. The molecule has 0 radical (unpaired) electrons. The zero-order chi connectivity index (χ0) is 23.6. The van der Waals surface area contributed by atoms with Crippen molar-refractivity contribution in [3.8, 4) is 23.0 Å². The first-order chi connectivity index (χ1) is 16.0. The molecule has 0 aromatic heterocycles. The summed E-state index contributed by atoms with van der Waals surface area (Å²) in [5.41, 5.74) is 1.23. The highest BCUT2D eigenvalue weighted by Gasteiger charge is 2.17. The molecule has 0 aliphatic heterocycles. The molecule has 0 aliphatic rings. The number of anilines is 1. The lowest BCUT2D eigenvalue weighted by Gasteiger charge is -2.13. The van der Waals surface area contributed by atoms with Gasteiger partial charge in [-0.1, -0.05) is 18.2 Å². The van der Waals surface area contributed by atoms with Crippen LogP contribution in [0.3, 0.4) is 0 Å². The van der Waals surface area contributed by atoms with Crippen molar-refractivity contribution in [3.63, 3.8) is 0 Å². The van der Waals surface area contributed by atoms with E-state index in [4.69, 9.17) is 18.9 Å². The minimum Gasteiger partial charge on any atom is -0.497 e. The van der Waals surface area contributed by atoms with Gasteiger partial charge >= 0.3 is 5.97 Å². The van der Waals surface area contributed by atoms with Gasteiger partial charge in [0, 0.05) is 23.4 Å². The van der Waals surface area contributed by atoms with Crippen LogP contribution in [0.5, 0.6) is 23.0 Å². The van der Waals surface area contributed by atoms with Crippen LogP contribution in [0.4, 0.5) is 5.69 Å². The van der Waals surface area contributed by atoms with E-state index in [1.165, 1.54) is 20.1 Å². The average Bonchev–Trinajstić information content (AvgIpc) is 2.84. The molecule has 0 fully saturated rings. The molecular weight excluding hydrogens is 422 g/mol. The van der Waals surface area contributed by atoms with Gasteiger partial charge in [0.1, 0.15) is 23.0 Å². The van der Waals surface area contributed by atoms with E-state index >= 15 is 0 Å². The van der Waals surface area contributed by atoms with Crippen LogP contribution in [0.15, 0.2) is 78.9 Å². The molecule has 0 spiro atoms. The third kappa shape index (κ3) is 6.87. The summed E-state index contributed by atoms with van der Waals surface area (Å²) in [6, 6.07) is 21.5. The topological polar surface area (TPSA) is 83.1 Å². The van der Waals surface area contributed by atoms with Crippen molar-refractivity contribution in [1.82, 2.24) is 0 Å². The van der Waals surface area contributed by atoms with E-state index < -0.39 is 18.0 Å². The van der Waals surface area contributed by atoms with E-state index in [2.05, 4.69) is 5.32 Å². The van der Waals surface area contributed by atoms with E-state index in [0.29, 0.717) is 28.5 Å². The molecule has 0 bridgehead atoms. The molecule has 0 saturated heterocycles. The molecule has 170 valence electrons. The quantitative estimate of drug-likeness (QED) is 0.364. The van der Waals surface area contributed by atoms with E-state index in [-0.39, 0.29) is 0 Å². The number of rotatable bonds is 9. The minimum absolute atomic E-state index is 0.449. The Kier molecular flexibility index (Phi) is 8.07. The number of carbonyl (C=O) groups is 2. The van der Waals surface area contributed by atoms with Gasteiger partial charge in [0.05, 0.1) is 14.2 Å². The van der Waals surface area contributed by atoms with Gasteiger partial charge in [-0.15, -0.1) is 0 Å². The Morgan fingerprint density at radius 1 is 0.848 bits per heavy atom. The normalized spacial score (nSPS) is 11.5. The second-order valence-corrected chi connectivity index (χ2v) is 6.95. The van der Waals surface area contributed by atoms with Crippen molar-refractivity contribution in [2.45, 2.75) is 13.0 Å². The zero-order valence-electron chi connectivity index (χ0n) is 18.6. The smallest absolute Gasteiger partial charge is 0.331 e. The molecule has 0 heterocycles. The van der Waals surface area contributed by atoms with Gasteiger partial charge in [-0.05, 0) is 61.5 Å². The average molecular weight is 447 g/mol. The second kappa shape index (κ2) is 11.4. The molecule has 1 unspecified atom stereocenters. The van der Waals surface area contributed by atoms with Crippen LogP contribution in [0, 0.1) is 0 Å². The Morgan fingerprint density at radius 2 is 1.52 bits per heavy atom. The summed E-state index contributed by atoms with van der Waals surface area (Å²) < 4.78 is 21.4. The number of para-hydroxylation sites is 1. The maximum atomic E-state index is 12.4. The summed E-state index contributed by atoms with van der Waals surface area (Å²) >= 11 is 0. The number of hydrogen-bond donors (Lipinski definition) is 1. The van der Waals surface area contributed by atoms with E-state index in [0.717, 1.165) is 5.75 Å². The van der Waals surface area contributed by atoms with E-state index in [1.54, 1.807) is 55.7 Å². The maximum absolute atomic E-state index is 12.4. The number of esters is 1. The molecule has 3 aromatic carbocycles. The zero-order valence-corrected chi connectivity index (χ0v) is 18.6.